The molecule has 216 valence electrons. The molecule has 4 heterocycles. The fourth-order valence-electron chi connectivity index (χ4n) is 7.69. The number of hydrogen-bond acceptors (Lipinski definition) is 7. The van der Waals surface area contributed by atoms with Crippen molar-refractivity contribution in [2.45, 2.75) is 66.0 Å². The minimum absolute atomic E-state index is 0.0970. The molecule has 8 rings (SSSR count). The number of carbonyl (C=O) groups excluding carboxylic acids is 2. The highest BCUT2D eigenvalue weighted by atomic mass is 16.5. The number of hydrogen-bond donors (Lipinski definition) is 1. The van der Waals surface area contributed by atoms with Crippen LogP contribution in [0.25, 0.3) is 22.2 Å². The highest BCUT2D eigenvalue weighted by molar-refractivity contribution is 6.09. The number of primary amides is 1. The molecule has 3 aromatic heterocycles. The van der Waals surface area contributed by atoms with Crippen molar-refractivity contribution in [2.75, 3.05) is 11.5 Å². The summed E-state index contributed by atoms with van der Waals surface area (Å²) in [5.74, 6) is 0.118. The molecule has 42 heavy (non-hydrogen) atoms. The number of nitrogens with two attached hydrogens (primary N) is 1. The van der Waals surface area contributed by atoms with Crippen LogP contribution in [-0.2, 0) is 17.8 Å². The van der Waals surface area contributed by atoms with Gasteiger partial charge < -0.3 is 10.5 Å². The van der Waals surface area contributed by atoms with Crippen LogP contribution in [0, 0.1) is 16.7 Å². The third-order valence-corrected chi connectivity index (χ3v) is 9.38. The Labute approximate surface area is 244 Å². The first-order valence-electron chi connectivity index (χ1n) is 14.6. The zero-order valence-electron chi connectivity index (χ0n) is 24.4. The average molecular weight is 566 g/mol. The second kappa shape index (κ2) is 9.34. The lowest BCUT2D eigenvalue weighted by molar-refractivity contribution is -0.216. The molecular formula is C32H35N7O3. The predicted octanol–water partition coefficient (Wildman–Crippen LogP) is 4.86. The van der Waals surface area contributed by atoms with Crippen LogP contribution < -0.4 is 15.4 Å². The van der Waals surface area contributed by atoms with Crippen LogP contribution in [0.4, 0.5) is 5.69 Å². The van der Waals surface area contributed by atoms with Crippen molar-refractivity contribution in [3.8, 4) is 16.9 Å². The zero-order chi connectivity index (χ0) is 29.4. The van der Waals surface area contributed by atoms with Gasteiger partial charge in [0.2, 0.25) is 0 Å². The van der Waals surface area contributed by atoms with E-state index in [0.717, 1.165) is 16.6 Å². The minimum Gasteiger partial charge on any atom is -0.482 e. The van der Waals surface area contributed by atoms with E-state index in [9.17, 15) is 9.59 Å². The van der Waals surface area contributed by atoms with Crippen molar-refractivity contribution >= 4 is 28.5 Å². The summed E-state index contributed by atoms with van der Waals surface area (Å²) in [4.78, 5) is 41.1. The number of aromatic nitrogens is 5. The Morgan fingerprint density at radius 2 is 1.93 bits per heavy atom. The number of ether oxygens (including phenoxy) is 1. The summed E-state index contributed by atoms with van der Waals surface area (Å²) in [6.07, 6.45) is 10.9. The van der Waals surface area contributed by atoms with Crippen LogP contribution in [0.2, 0.25) is 0 Å². The second-order valence-electron chi connectivity index (χ2n) is 13.1. The highest BCUT2D eigenvalue weighted by Crippen LogP contribution is 2.76. The van der Waals surface area contributed by atoms with Crippen molar-refractivity contribution in [2.24, 2.45) is 22.5 Å². The van der Waals surface area contributed by atoms with E-state index in [4.69, 9.17) is 20.6 Å². The molecule has 1 aromatic carbocycles. The van der Waals surface area contributed by atoms with Crippen LogP contribution in [0.3, 0.4) is 0 Å². The number of benzene rings is 1. The van der Waals surface area contributed by atoms with Crippen molar-refractivity contribution in [1.29, 1.82) is 0 Å². The number of pyridine rings is 1. The van der Waals surface area contributed by atoms with Gasteiger partial charge in [0.05, 0.1) is 47.6 Å². The van der Waals surface area contributed by atoms with Crippen LogP contribution in [0.1, 0.15) is 74.7 Å². The predicted molar refractivity (Wildman–Crippen MR) is 158 cm³/mol. The summed E-state index contributed by atoms with van der Waals surface area (Å²) >= 11 is 0. The fourth-order valence-corrected chi connectivity index (χ4v) is 7.69. The summed E-state index contributed by atoms with van der Waals surface area (Å²) in [5, 5.41) is 5.64. The molecule has 1 unspecified atom stereocenters. The maximum atomic E-state index is 13.1. The van der Waals surface area contributed by atoms with Crippen molar-refractivity contribution in [3.63, 3.8) is 0 Å². The van der Waals surface area contributed by atoms with Gasteiger partial charge in [-0.3, -0.25) is 24.5 Å². The Morgan fingerprint density at radius 1 is 1.14 bits per heavy atom. The van der Waals surface area contributed by atoms with Crippen molar-refractivity contribution < 1.29 is 14.3 Å². The van der Waals surface area contributed by atoms with Gasteiger partial charge in [0, 0.05) is 23.3 Å². The van der Waals surface area contributed by atoms with Gasteiger partial charge in [0.15, 0.2) is 12.3 Å². The lowest BCUT2D eigenvalue weighted by atomic mass is 9.34. The number of carbonyl (C=O) groups is 2. The lowest BCUT2D eigenvalue weighted by Gasteiger charge is -2.71. The number of rotatable bonds is 8. The first-order chi connectivity index (χ1) is 20.1. The third-order valence-electron chi connectivity index (χ3n) is 9.38. The van der Waals surface area contributed by atoms with Gasteiger partial charge in [-0.05, 0) is 67.1 Å². The van der Waals surface area contributed by atoms with Gasteiger partial charge in [0.1, 0.15) is 5.75 Å². The maximum absolute atomic E-state index is 13.1. The molecule has 4 aliphatic rings. The Hall–Kier alpha value is -4.34. The standard InChI is InChI=1S/C32H35N7O3/c1-18(2)9-23-28(29(33)41)27(22-12-36-39(30(22)37-23)19(3)32-15-31(4,16-32)17-32)20-5-6-24-25(10-20)42-14-26(40)38(24)13-21-11-34-7-8-35-21/h5-8,10-12,18-19H,9,13-17H2,1-4H3,(H2,33,41). The summed E-state index contributed by atoms with van der Waals surface area (Å²) in [7, 11) is 0. The van der Waals surface area contributed by atoms with Crippen LogP contribution >= 0.6 is 0 Å². The molecule has 10 nitrogen and oxygen atoms in total. The Bertz CT molecular complexity index is 1730. The van der Waals surface area contributed by atoms with E-state index in [-0.39, 0.29) is 36.4 Å². The molecular weight excluding hydrogens is 530 g/mol. The zero-order valence-corrected chi connectivity index (χ0v) is 24.4. The van der Waals surface area contributed by atoms with E-state index < -0.39 is 5.91 Å². The van der Waals surface area contributed by atoms with Gasteiger partial charge in [-0.15, -0.1) is 0 Å². The monoisotopic (exact) mass is 565 g/mol. The van der Waals surface area contributed by atoms with E-state index in [1.165, 1.54) is 19.3 Å². The van der Waals surface area contributed by atoms with E-state index in [0.29, 0.717) is 45.8 Å². The first-order valence-corrected chi connectivity index (χ1v) is 14.6. The van der Waals surface area contributed by atoms with Gasteiger partial charge in [-0.25, -0.2) is 9.67 Å². The van der Waals surface area contributed by atoms with Gasteiger partial charge in [0.25, 0.3) is 11.8 Å². The van der Waals surface area contributed by atoms with Gasteiger partial charge in [-0.1, -0.05) is 26.8 Å². The molecule has 0 radical (unpaired) electrons. The molecule has 3 saturated carbocycles. The highest BCUT2D eigenvalue weighted by Gasteiger charge is 2.67. The number of anilines is 1. The second-order valence-corrected chi connectivity index (χ2v) is 13.1. The molecule has 2 bridgehead atoms. The largest absolute Gasteiger partial charge is 0.482 e. The normalized spacial score (nSPS) is 23.3. The molecule has 0 saturated heterocycles. The maximum Gasteiger partial charge on any atom is 0.265 e. The smallest absolute Gasteiger partial charge is 0.265 e. The van der Waals surface area contributed by atoms with Crippen molar-refractivity contribution in [1.82, 2.24) is 24.7 Å². The summed E-state index contributed by atoms with van der Waals surface area (Å²) in [6.45, 7) is 8.99. The summed E-state index contributed by atoms with van der Waals surface area (Å²) < 4.78 is 7.98. The molecule has 2 amide bonds. The number of amides is 2. The topological polar surface area (TPSA) is 129 Å². The number of fused-ring (bicyclic) bond motifs is 2. The van der Waals surface area contributed by atoms with Crippen molar-refractivity contribution in [3.05, 3.63) is 59.9 Å². The number of nitrogens with zero attached hydrogens (tertiary/aromatic N) is 6. The quantitative estimate of drug-likeness (QED) is 0.323. The molecule has 3 fully saturated rings. The lowest BCUT2D eigenvalue weighted by Crippen LogP contribution is -2.63. The average Bonchev–Trinajstić information content (AvgIpc) is 3.34. The Balaban J connectivity index is 1.36. The first kappa shape index (κ1) is 26.6. The van der Waals surface area contributed by atoms with E-state index in [1.54, 1.807) is 23.5 Å². The van der Waals surface area contributed by atoms with Gasteiger partial charge >= 0.3 is 0 Å². The molecule has 4 aromatic rings. The van der Waals surface area contributed by atoms with Crippen LogP contribution in [0.5, 0.6) is 5.75 Å². The Kier molecular flexibility index (Phi) is 5.90. The van der Waals surface area contributed by atoms with Gasteiger partial charge in [-0.2, -0.15) is 5.10 Å². The summed E-state index contributed by atoms with van der Waals surface area (Å²) in [5.41, 5.74) is 11.4. The van der Waals surface area contributed by atoms with Crippen LogP contribution in [-0.4, -0.2) is 43.2 Å². The molecule has 2 N–H and O–H groups in total. The van der Waals surface area contributed by atoms with E-state index in [1.807, 2.05) is 24.4 Å². The molecule has 1 aliphatic heterocycles. The minimum atomic E-state index is -0.527. The molecule has 10 heteroatoms. The molecule has 1 atom stereocenters. The fraction of sp³-hybridized carbons (Fsp3) is 0.438. The molecule has 3 aliphatic carbocycles. The molecule has 0 spiro atoms. The van der Waals surface area contributed by atoms with E-state index >= 15 is 0 Å². The Morgan fingerprint density at radius 3 is 2.60 bits per heavy atom. The van der Waals surface area contributed by atoms with Crippen LogP contribution in [0.15, 0.2) is 43.0 Å². The van der Waals surface area contributed by atoms with E-state index in [2.05, 4.69) is 42.3 Å². The summed E-state index contributed by atoms with van der Waals surface area (Å²) in [6, 6.07) is 5.84. The SMILES string of the molecule is CC(C)Cc1nc2c(cnn2C(C)C23CC(C)(C2)C3)c(-c2ccc3c(c2)OCC(=O)N3Cc2cnccn2)c1C(N)=O. The third kappa shape index (κ3) is 4.06.